The number of rotatable bonds is 10. The lowest BCUT2D eigenvalue weighted by atomic mass is 10.3. The van der Waals surface area contributed by atoms with Gasteiger partial charge in [0, 0.05) is 32.2 Å². The zero-order valence-corrected chi connectivity index (χ0v) is 11.1. The molecular formula is C13H25N3O. The van der Waals surface area contributed by atoms with Crippen LogP contribution in [0.4, 0.5) is 0 Å². The molecule has 0 saturated carbocycles. The molecule has 0 aromatic carbocycles. The zero-order valence-electron chi connectivity index (χ0n) is 11.1. The van der Waals surface area contributed by atoms with Gasteiger partial charge in [-0.1, -0.05) is 13.3 Å². The van der Waals surface area contributed by atoms with Crippen molar-refractivity contribution >= 4 is 0 Å². The second-order valence-corrected chi connectivity index (χ2v) is 4.13. The fraction of sp³-hybridized carbons (Fsp3) is 0.769. The zero-order chi connectivity index (χ0) is 12.3. The van der Waals surface area contributed by atoms with E-state index in [-0.39, 0.29) is 0 Å². The normalized spacial score (nSPS) is 10.9. The quantitative estimate of drug-likeness (QED) is 0.636. The molecule has 0 atom stereocenters. The van der Waals surface area contributed by atoms with E-state index in [1.165, 1.54) is 12.8 Å². The van der Waals surface area contributed by atoms with Gasteiger partial charge in [-0.2, -0.15) is 0 Å². The fourth-order valence-corrected chi connectivity index (χ4v) is 1.64. The Morgan fingerprint density at radius 2 is 2.12 bits per heavy atom. The Bertz CT molecular complexity index is 286. The van der Waals surface area contributed by atoms with Gasteiger partial charge in [0.1, 0.15) is 5.82 Å². The lowest BCUT2D eigenvalue weighted by Crippen LogP contribution is -2.19. The van der Waals surface area contributed by atoms with Crippen LogP contribution in [0.3, 0.4) is 0 Å². The van der Waals surface area contributed by atoms with E-state index < -0.39 is 0 Å². The molecule has 0 saturated heterocycles. The summed E-state index contributed by atoms with van der Waals surface area (Å²) in [5.41, 5.74) is 0. The van der Waals surface area contributed by atoms with Crippen LogP contribution >= 0.6 is 0 Å². The SMILES string of the molecule is CCCCOCCCNCc1nccn1CC. The first-order chi connectivity index (χ1) is 8.38. The van der Waals surface area contributed by atoms with Crippen molar-refractivity contribution in [3.8, 4) is 0 Å². The molecule has 0 radical (unpaired) electrons. The summed E-state index contributed by atoms with van der Waals surface area (Å²) in [6.45, 7) is 8.88. The third-order valence-electron chi connectivity index (χ3n) is 2.71. The van der Waals surface area contributed by atoms with Crippen LogP contribution in [0.25, 0.3) is 0 Å². The smallest absolute Gasteiger partial charge is 0.122 e. The topological polar surface area (TPSA) is 39.1 Å². The summed E-state index contributed by atoms with van der Waals surface area (Å²) >= 11 is 0. The van der Waals surface area contributed by atoms with Crippen LogP contribution in [0.5, 0.6) is 0 Å². The van der Waals surface area contributed by atoms with Crippen molar-refractivity contribution in [1.82, 2.24) is 14.9 Å². The summed E-state index contributed by atoms with van der Waals surface area (Å²) in [5, 5.41) is 3.39. The molecule has 0 fully saturated rings. The van der Waals surface area contributed by atoms with Gasteiger partial charge in [-0.25, -0.2) is 4.98 Å². The highest BCUT2D eigenvalue weighted by molar-refractivity contribution is 4.91. The molecule has 4 heteroatoms. The van der Waals surface area contributed by atoms with Crippen LogP contribution in [0.15, 0.2) is 12.4 Å². The van der Waals surface area contributed by atoms with Crippen molar-refractivity contribution in [2.75, 3.05) is 19.8 Å². The standard InChI is InChI=1S/C13H25N3O/c1-3-5-10-17-11-6-7-14-12-13-15-8-9-16(13)4-2/h8-9,14H,3-7,10-12H2,1-2H3. The van der Waals surface area contributed by atoms with Gasteiger partial charge in [0.15, 0.2) is 0 Å². The number of aryl methyl sites for hydroxylation is 1. The summed E-state index contributed by atoms with van der Waals surface area (Å²) in [5.74, 6) is 1.11. The number of imidazole rings is 1. The van der Waals surface area contributed by atoms with Crippen molar-refractivity contribution in [2.24, 2.45) is 0 Å². The van der Waals surface area contributed by atoms with Gasteiger partial charge in [-0.15, -0.1) is 0 Å². The number of hydrogen-bond acceptors (Lipinski definition) is 3. The van der Waals surface area contributed by atoms with E-state index in [9.17, 15) is 0 Å². The molecule has 1 heterocycles. The highest BCUT2D eigenvalue weighted by atomic mass is 16.5. The molecule has 0 aliphatic carbocycles. The van der Waals surface area contributed by atoms with E-state index >= 15 is 0 Å². The van der Waals surface area contributed by atoms with Crippen LogP contribution in [0, 0.1) is 0 Å². The van der Waals surface area contributed by atoms with Gasteiger partial charge >= 0.3 is 0 Å². The summed E-state index contributed by atoms with van der Waals surface area (Å²) in [6.07, 6.45) is 7.31. The molecule has 0 unspecified atom stereocenters. The van der Waals surface area contributed by atoms with Gasteiger partial charge in [0.05, 0.1) is 6.54 Å². The Hall–Kier alpha value is -0.870. The van der Waals surface area contributed by atoms with E-state index in [2.05, 4.69) is 28.7 Å². The first-order valence-corrected chi connectivity index (χ1v) is 6.67. The summed E-state index contributed by atoms with van der Waals surface area (Å²) in [6, 6.07) is 0. The molecule has 1 aromatic rings. The Morgan fingerprint density at radius 1 is 1.29 bits per heavy atom. The van der Waals surface area contributed by atoms with Crippen molar-refractivity contribution < 1.29 is 4.74 Å². The van der Waals surface area contributed by atoms with Gasteiger partial charge in [-0.05, 0) is 26.3 Å². The minimum Gasteiger partial charge on any atom is -0.381 e. The number of nitrogens with one attached hydrogen (secondary N) is 1. The highest BCUT2D eigenvalue weighted by Gasteiger charge is 1.99. The lowest BCUT2D eigenvalue weighted by molar-refractivity contribution is 0.128. The van der Waals surface area contributed by atoms with E-state index in [0.717, 1.165) is 45.1 Å². The van der Waals surface area contributed by atoms with Crippen LogP contribution in [0.2, 0.25) is 0 Å². The highest BCUT2D eigenvalue weighted by Crippen LogP contribution is 1.96. The summed E-state index contributed by atoms with van der Waals surface area (Å²) < 4.78 is 7.65. The van der Waals surface area contributed by atoms with Crippen LogP contribution < -0.4 is 5.32 Å². The van der Waals surface area contributed by atoms with E-state index in [0.29, 0.717) is 0 Å². The third kappa shape index (κ3) is 5.84. The number of unbranched alkanes of at least 4 members (excludes halogenated alkanes) is 1. The first-order valence-electron chi connectivity index (χ1n) is 6.67. The molecule has 0 amide bonds. The number of nitrogens with zero attached hydrogens (tertiary/aromatic N) is 2. The van der Waals surface area contributed by atoms with Crippen molar-refractivity contribution in [2.45, 2.75) is 46.2 Å². The third-order valence-corrected chi connectivity index (χ3v) is 2.71. The predicted molar refractivity (Wildman–Crippen MR) is 70.0 cm³/mol. The minimum absolute atomic E-state index is 0.843. The molecule has 0 bridgehead atoms. The molecule has 1 rings (SSSR count). The first kappa shape index (κ1) is 14.2. The predicted octanol–water partition coefficient (Wildman–Crippen LogP) is 2.20. The van der Waals surface area contributed by atoms with Crippen molar-refractivity contribution in [1.29, 1.82) is 0 Å². The number of hydrogen-bond donors (Lipinski definition) is 1. The molecule has 1 N–H and O–H groups in total. The van der Waals surface area contributed by atoms with Crippen molar-refractivity contribution in [3.63, 3.8) is 0 Å². The monoisotopic (exact) mass is 239 g/mol. The van der Waals surface area contributed by atoms with Gasteiger partial charge < -0.3 is 14.6 Å². The van der Waals surface area contributed by atoms with Crippen molar-refractivity contribution in [3.05, 3.63) is 18.2 Å². The molecule has 98 valence electrons. The molecule has 0 spiro atoms. The second kappa shape index (κ2) is 9.19. The maximum atomic E-state index is 5.50. The Balaban J connectivity index is 1.97. The Labute approximate surface area is 104 Å². The molecule has 1 aromatic heterocycles. The molecule has 0 aliphatic rings. The Kier molecular flexibility index (Phi) is 7.67. The van der Waals surface area contributed by atoms with Crippen LogP contribution in [-0.4, -0.2) is 29.3 Å². The molecular weight excluding hydrogens is 214 g/mol. The van der Waals surface area contributed by atoms with Gasteiger partial charge in [0.2, 0.25) is 0 Å². The molecule has 17 heavy (non-hydrogen) atoms. The van der Waals surface area contributed by atoms with Crippen LogP contribution in [-0.2, 0) is 17.8 Å². The Morgan fingerprint density at radius 3 is 2.88 bits per heavy atom. The van der Waals surface area contributed by atoms with E-state index in [1.54, 1.807) is 0 Å². The maximum Gasteiger partial charge on any atom is 0.122 e. The van der Waals surface area contributed by atoms with Crippen LogP contribution in [0.1, 0.15) is 38.9 Å². The molecule has 0 aliphatic heterocycles. The number of ether oxygens (including phenoxy) is 1. The second-order valence-electron chi connectivity index (χ2n) is 4.13. The van der Waals surface area contributed by atoms with E-state index in [1.807, 2.05) is 12.4 Å². The average molecular weight is 239 g/mol. The summed E-state index contributed by atoms with van der Waals surface area (Å²) in [4.78, 5) is 4.31. The number of aromatic nitrogens is 2. The van der Waals surface area contributed by atoms with E-state index in [4.69, 9.17) is 4.74 Å². The lowest BCUT2D eigenvalue weighted by Gasteiger charge is -2.07. The van der Waals surface area contributed by atoms with Gasteiger partial charge in [0.25, 0.3) is 0 Å². The van der Waals surface area contributed by atoms with Gasteiger partial charge in [-0.3, -0.25) is 0 Å². The summed E-state index contributed by atoms with van der Waals surface area (Å²) in [7, 11) is 0. The fourth-order valence-electron chi connectivity index (χ4n) is 1.64. The maximum absolute atomic E-state index is 5.50. The minimum atomic E-state index is 0.843. The largest absolute Gasteiger partial charge is 0.381 e. The average Bonchev–Trinajstić information content (AvgIpc) is 2.80. The molecule has 4 nitrogen and oxygen atoms in total.